The lowest BCUT2D eigenvalue weighted by atomic mass is 9.59. The SMILES string of the molecule is CC(C)c1ccccc1[C@@H]1COCCN1C1CC2(CCN(c3ccc(C(=O)NS(=O)(=O)c4ccc(NC[C@H]5CC[C@](C)(O)CC5)c([N+](=O)[O-])c4)c(N4C[C@@H]5COCCN5c5nc6[nH]ccc6cc54)c3)CC2)C1. The van der Waals surface area contributed by atoms with Gasteiger partial charge in [-0.05, 0) is 129 Å². The standard InChI is InChI=1S/C54H67N9O8S/c1-35(2)42-6-4-5-7-43(42)49-34-71-24-22-60(49)39-29-54(30-39)17-20-59(21-18-54)38-8-10-44(46(27-38)62-32-40-33-70-25-23-61(40)51-48(62)26-37-14-19-55-50(37)57-51)52(64)58-72(68,69)41-9-11-45(47(28-41)63(66)67)56-31-36-12-15-53(3,65)16-13-36/h4-11,14,19,26-28,35-36,39-40,49,56,65H,12-13,15-18,20-25,29-34H2,1-3H3,(H,55,57)(H,58,64)/t36-,40-,49+,53-/m1/s1. The second-order valence-corrected chi connectivity index (χ2v) is 23.5. The fraction of sp³-hybridized carbons (Fsp3) is 0.519. The van der Waals surface area contributed by atoms with Crippen LogP contribution in [0.3, 0.4) is 0 Å². The van der Waals surface area contributed by atoms with Gasteiger partial charge in [-0.25, -0.2) is 18.1 Å². The molecule has 5 fully saturated rings. The van der Waals surface area contributed by atoms with Gasteiger partial charge in [-0.15, -0.1) is 0 Å². The maximum Gasteiger partial charge on any atom is 0.293 e. The van der Waals surface area contributed by atoms with Crippen LogP contribution in [0.25, 0.3) is 11.0 Å². The Labute approximate surface area is 421 Å². The van der Waals surface area contributed by atoms with Gasteiger partial charge in [0.1, 0.15) is 11.3 Å². The first-order chi connectivity index (χ1) is 34.6. The predicted molar refractivity (Wildman–Crippen MR) is 278 cm³/mol. The largest absolute Gasteiger partial charge is 0.390 e. The van der Waals surface area contributed by atoms with E-state index in [4.69, 9.17) is 14.5 Å². The number of anilines is 5. The number of nitro benzene ring substituents is 1. The Hall–Kier alpha value is -5.79. The van der Waals surface area contributed by atoms with Crippen molar-refractivity contribution in [3.8, 4) is 0 Å². The number of sulfonamides is 1. The molecule has 0 unspecified atom stereocenters. The van der Waals surface area contributed by atoms with E-state index in [2.05, 4.69) is 78.8 Å². The lowest BCUT2D eigenvalue weighted by Crippen LogP contribution is -2.58. The highest BCUT2D eigenvalue weighted by Crippen LogP contribution is 2.54. The third-order valence-electron chi connectivity index (χ3n) is 16.8. The van der Waals surface area contributed by atoms with Crippen molar-refractivity contribution in [1.82, 2.24) is 19.6 Å². The van der Waals surface area contributed by atoms with Crippen LogP contribution in [0.1, 0.15) is 106 Å². The highest BCUT2D eigenvalue weighted by atomic mass is 32.2. The van der Waals surface area contributed by atoms with Crippen LogP contribution in [0, 0.1) is 21.4 Å². The van der Waals surface area contributed by atoms with E-state index in [1.165, 1.54) is 23.3 Å². The summed E-state index contributed by atoms with van der Waals surface area (Å²) in [5.41, 5.74) is 5.23. The number of fused-ring (bicyclic) bond motifs is 4. The van der Waals surface area contributed by atoms with Crippen molar-refractivity contribution in [2.75, 3.05) is 85.7 Å². The second kappa shape index (κ2) is 19.2. The van der Waals surface area contributed by atoms with E-state index in [0.717, 1.165) is 99.1 Å². The summed E-state index contributed by atoms with van der Waals surface area (Å²) in [6, 6.07) is 22.8. The van der Waals surface area contributed by atoms with Crippen molar-refractivity contribution in [2.24, 2.45) is 11.3 Å². The number of nitro groups is 1. The van der Waals surface area contributed by atoms with E-state index in [1.54, 1.807) is 6.07 Å². The van der Waals surface area contributed by atoms with Crippen LogP contribution < -0.4 is 24.7 Å². The van der Waals surface area contributed by atoms with Gasteiger partial charge in [0, 0.05) is 68.6 Å². The quantitative estimate of drug-likeness (QED) is 0.0688. The number of H-pyrrole nitrogens is 1. The summed E-state index contributed by atoms with van der Waals surface area (Å²) in [4.78, 5) is 43.8. The molecule has 2 atom stereocenters. The van der Waals surface area contributed by atoms with E-state index in [1.807, 2.05) is 31.3 Å². The molecule has 72 heavy (non-hydrogen) atoms. The van der Waals surface area contributed by atoms with Gasteiger partial charge in [-0.1, -0.05) is 38.1 Å². The molecule has 3 aromatic carbocycles. The van der Waals surface area contributed by atoms with Gasteiger partial charge in [-0.2, -0.15) is 0 Å². The smallest absolute Gasteiger partial charge is 0.293 e. The number of rotatable bonds is 12. The van der Waals surface area contributed by atoms with Gasteiger partial charge in [0.25, 0.3) is 21.6 Å². The number of aromatic nitrogens is 2. The number of benzene rings is 3. The molecule has 3 saturated heterocycles. The summed E-state index contributed by atoms with van der Waals surface area (Å²) < 4.78 is 42.7. The van der Waals surface area contributed by atoms with Gasteiger partial charge in [0.05, 0.1) is 70.9 Å². The summed E-state index contributed by atoms with van der Waals surface area (Å²) in [7, 11) is -4.60. The topological polar surface area (TPSA) is 199 Å². The number of piperidine rings is 1. The molecule has 0 bridgehead atoms. The zero-order chi connectivity index (χ0) is 49.9. The highest BCUT2D eigenvalue weighted by Gasteiger charge is 2.50. The number of aromatic amines is 1. The molecular weight excluding hydrogens is 935 g/mol. The minimum absolute atomic E-state index is 0.0959. The lowest BCUT2D eigenvalue weighted by molar-refractivity contribution is -0.384. The van der Waals surface area contributed by atoms with E-state index in [-0.39, 0.29) is 34.7 Å². The predicted octanol–water partition coefficient (Wildman–Crippen LogP) is 8.25. The zero-order valence-corrected chi connectivity index (χ0v) is 42.3. The molecule has 18 heteroatoms. The summed E-state index contributed by atoms with van der Waals surface area (Å²) >= 11 is 0. The number of morpholine rings is 2. The molecule has 17 nitrogen and oxygen atoms in total. The van der Waals surface area contributed by atoms with E-state index in [9.17, 15) is 28.4 Å². The van der Waals surface area contributed by atoms with Crippen LogP contribution in [0.15, 0.2) is 83.9 Å². The monoisotopic (exact) mass is 1000 g/mol. The third kappa shape index (κ3) is 9.40. The van der Waals surface area contributed by atoms with Crippen molar-refractivity contribution in [2.45, 2.75) is 107 Å². The first-order valence-corrected chi connectivity index (χ1v) is 27.4. The van der Waals surface area contributed by atoms with Crippen LogP contribution in [0.2, 0.25) is 0 Å². The number of carbonyl (C=O) groups is 1. The average molecular weight is 1000 g/mol. The summed E-state index contributed by atoms with van der Waals surface area (Å²) in [6.45, 7) is 13.0. The van der Waals surface area contributed by atoms with Crippen molar-refractivity contribution >= 4 is 61.2 Å². The van der Waals surface area contributed by atoms with Crippen molar-refractivity contribution in [3.05, 3.63) is 106 Å². The van der Waals surface area contributed by atoms with E-state index < -0.39 is 37.0 Å². The first kappa shape index (κ1) is 48.5. The molecule has 5 aromatic rings. The Morgan fingerprint density at radius 1 is 0.931 bits per heavy atom. The molecule has 1 amide bonds. The molecule has 2 aliphatic carbocycles. The Morgan fingerprint density at radius 3 is 2.47 bits per heavy atom. The minimum atomic E-state index is -4.60. The summed E-state index contributed by atoms with van der Waals surface area (Å²) in [6.07, 6.45) is 9.04. The Kier molecular flexibility index (Phi) is 13.0. The van der Waals surface area contributed by atoms with Crippen LogP contribution in [0.4, 0.5) is 34.3 Å². The van der Waals surface area contributed by atoms with E-state index in [0.29, 0.717) is 69.9 Å². The number of carbonyl (C=O) groups excluding carboxylic acids is 1. The molecule has 1 spiro atoms. The maximum atomic E-state index is 14.7. The summed E-state index contributed by atoms with van der Waals surface area (Å²) in [5, 5.41) is 26.8. The second-order valence-electron chi connectivity index (χ2n) is 21.8. The highest BCUT2D eigenvalue weighted by molar-refractivity contribution is 7.90. The number of nitrogens with zero attached hydrogens (tertiary/aromatic N) is 6. The third-order valence-corrected chi connectivity index (χ3v) is 18.1. The Balaban J connectivity index is 0.858. The van der Waals surface area contributed by atoms with Crippen molar-refractivity contribution < 1.29 is 32.7 Å². The Bertz CT molecular complexity index is 2950. The zero-order valence-electron chi connectivity index (χ0n) is 41.5. The fourth-order valence-electron chi connectivity index (χ4n) is 12.6. The molecule has 2 saturated carbocycles. The fourth-order valence-corrected chi connectivity index (χ4v) is 13.6. The number of hydrogen-bond acceptors (Lipinski definition) is 14. The number of pyridine rings is 1. The molecule has 4 aliphatic heterocycles. The van der Waals surface area contributed by atoms with Gasteiger partial charge < -0.3 is 39.6 Å². The molecule has 0 radical (unpaired) electrons. The van der Waals surface area contributed by atoms with Crippen LogP contribution in [0.5, 0.6) is 0 Å². The van der Waals surface area contributed by atoms with Gasteiger partial charge in [-0.3, -0.25) is 19.8 Å². The molecule has 6 heterocycles. The van der Waals surface area contributed by atoms with Crippen molar-refractivity contribution in [1.29, 1.82) is 0 Å². The molecule has 4 N–H and O–H groups in total. The van der Waals surface area contributed by atoms with Crippen LogP contribution >= 0.6 is 0 Å². The van der Waals surface area contributed by atoms with Gasteiger partial charge in [0.15, 0.2) is 5.82 Å². The molecule has 11 rings (SSSR count). The minimum Gasteiger partial charge on any atom is -0.390 e. The lowest BCUT2D eigenvalue weighted by Gasteiger charge is -2.57. The first-order valence-electron chi connectivity index (χ1n) is 25.9. The van der Waals surface area contributed by atoms with Gasteiger partial charge in [0.2, 0.25) is 0 Å². The Morgan fingerprint density at radius 2 is 1.69 bits per heavy atom. The van der Waals surface area contributed by atoms with Gasteiger partial charge >= 0.3 is 0 Å². The van der Waals surface area contributed by atoms with Crippen LogP contribution in [-0.4, -0.2) is 123 Å². The summed E-state index contributed by atoms with van der Waals surface area (Å²) in [5.74, 6) is 0.528. The molecule has 382 valence electrons. The molecule has 6 aliphatic rings. The molecule has 2 aromatic heterocycles. The van der Waals surface area contributed by atoms with E-state index >= 15 is 0 Å². The number of hydrogen-bond donors (Lipinski definition) is 4. The average Bonchev–Trinajstić information content (AvgIpc) is 3.84. The maximum absolute atomic E-state index is 14.7. The number of aliphatic hydroxyl groups is 1. The van der Waals surface area contributed by atoms with Crippen molar-refractivity contribution in [3.63, 3.8) is 0 Å². The number of ether oxygens (including phenoxy) is 2. The number of amides is 1. The van der Waals surface area contributed by atoms with Crippen LogP contribution in [-0.2, 0) is 19.5 Å². The molecular formula is C54H67N9O8S. The number of nitrogens with one attached hydrogen (secondary N) is 3. The normalized spacial score (nSPS) is 24.7.